The molecule has 3 N–H and O–H groups in total. The van der Waals surface area contributed by atoms with Gasteiger partial charge in [0.2, 0.25) is 11.9 Å². The van der Waals surface area contributed by atoms with Gasteiger partial charge in [-0.25, -0.2) is 4.98 Å². The number of carbonyl (C=O) groups is 1. The summed E-state index contributed by atoms with van der Waals surface area (Å²) in [6.07, 6.45) is 5.87. The smallest absolute Gasteiger partial charge is 0.247 e. The van der Waals surface area contributed by atoms with E-state index in [1.54, 1.807) is 0 Å². The first-order chi connectivity index (χ1) is 18.0. The number of rotatable bonds is 11. The largest absolute Gasteiger partial charge is 0.492 e. The number of aromatic nitrogens is 2. The van der Waals surface area contributed by atoms with Crippen molar-refractivity contribution in [2.45, 2.75) is 6.42 Å². The maximum absolute atomic E-state index is 11.7. The molecule has 0 bridgehead atoms. The maximum atomic E-state index is 11.7. The molecule has 0 saturated heterocycles. The number of amides is 1. The number of hydrogen-bond acceptors (Lipinski definition) is 8. The number of nitrogens with one attached hydrogen (secondary N) is 3. The van der Waals surface area contributed by atoms with Crippen LogP contribution in [0.5, 0.6) is 5.75 Å². The fourth-order valence-corrected chi connectivity index (χ4v) is 3.69. The zero-order valence-electron chi connectivity index (χ0n) is 21.2. The molecular weight excluding hydrogens is 468 g/mol. The van der Waals surface area contributed by atoms with Gasteiger partial charge in [0.05, 0.1) is 13.2 Å². The Hall–Kier alpha value is -4.21. The normalized spacial score (nSPS) is 13.0. The fraction of sp³-hybridized carbons (Fsp3) is 0.250. The number of anilines is 5. The van der Waals surface area contributed by atoms with Crippen molar-refractivity contribution in [1.82, 2.24) is 14.9 Å². The summed E-state index contributed by atoms with van der Waals surface area (Å²) >= 11 is 0. The van der Waals surface area contributed by atoms with Crippen molar-refractivity contribution in [3.8, 4) is 5.75 Å². The highest BCUT2D eigenvalue weighted by atomic mass is 16.5. The van der Waals surface area contributed by atoms with Gasteiger partial charge in [0.25, 0.3) is 0 Å². The molecule has 1 aliphatic heterocycles. The maximum Gasteiger partial charge on any atom is 0.247 e. The molecule has 0 spiro atoms. The molecule has 9 heteroatoms. The summed E-state index contributed by atoms with van der Waals surface area (Å²) in [5, 5.41) is 9.46. The van der Waals surface area contributed by atoms with Gasteiger partial charge in [0.15, 0.2) is 0 Å². The Balaban J connectivity index is 1.58. The first kappa shape index (κ1) is 25.9. The third-order valence-electron chi connectivity index (χ3n) is 5.57. The number of benzene rings is 2. The lowest BCUT2D eigenvalue weighted by atomic mass is 10.0. The topological polar surface area (TPSA) is 101 Å². The van der Waals surface area contributed by atoms with Gasteiger partial charge in [-0.2, -0.15) is 4.98 Å². The van der Waals surface area contributed by atoms with Gasteiger partial charge >= 0.3 is 0 Å². The first-order valence-electron chi connectivity index (χ1n) is 12.1. The molecule has 192 valence electrons. The van der Waals surface area contributed by atoms with Gasteiger partial charge in [0, 0.05) is 41.4 Å². The molecule has 1 amide bonds. The monoisotopic (exact) mass is 500 g/mol. The minimum atomic E-state index is -0.272. The molecule has 1 aromatic heterocycles. The van der Waals surface area contributed by atoms with Gasteiger partial charge in [-0.1, -0.05) is 24.8 Å². The Kier molecular flexibility index (Phi) is 8.85. The summed E-state index contributed by atoms with van der Waals surface area (Å²) in [5.74, 6) is 1.59. The van der Waals surface area contributed by atoms with Crippen LogP contribution in [-0.2, 0) is 9.53 Å². The molecule has 0 atom stereocenters. The van der Waals surface area contributed by atoms with Crippen LogP contribution in [-0.4, -0.2) is 61.2 Å². The lowest BCUT2D eigenvalue weighted by Gasteiger charge is -2.18. The standard InChI is InChI=1S/C28H32N6O3/c1-4-26(35)30-21-7-5-8-22(17-21)31-27-25(20-11-14-36-15-12-20)19-29-28(33-27)32-23-9-6-10-24(18-23)37-16-13-34(2)3/h4-11,17-19H,1,12-16H2,2-3H3,(H,30,35)(H2,29,31,32,33). The van der Waals surface area contributed by atoms with E-state index < -0.39 is 0 Å². The van der Waals surface area contributed by atoms with Gasteiger partial charge in [0.1, 0.15) is 18.2 Å². The van der Waals surface area contributed by atoms with Gasteiger partial charge in [-0.05, 0) is 62.5 Å². The molecule has 0 fully saturated rings. The van der Waals surface area contributed by atoms with Crippen LogP contribution in [0.2, 0.25) is 0 Å². The molecule has 37 heavy (non-hydrogen) atoms. The minimum Gasteiger partial charge on any atom is -0.492 e. The zero-order valence-corrected chi connectivity index (χ0v) is 21.2. The van der Waals surface area contributed by atoms with Crippen LogP contribution in [0.15, 0.2) is 73.5 Å². The summed E-state index contributed by atoms with van der Waals surface area (Å²) < 4.78 is 11.3. The quantitative estimate of drug-likeness (QED) is 0.322. The van der Waals surface area contributed by atoms with E-state index in [1.807, 2.05) is 68.8 Å². The highest BCUT2D eigenvalue weighted by Crippen LogP contribution is 2.31. The highest BCUT2D eigenvalue weighted by Gasteiger charge is 2.15. The van der Waals surface area contributed by atoms with E-state index >= 15 is 0 Å². The van der Waals surface area contributed by atoms with E-state index in [1.165, 1.54) is 6.08 Å². The fourth-order valence-electron chi connectivity index (χ4n) is 3.69. The average Bonchev–Trinajstić information content (AvgIpc) is 2.89. The summed E-state index contributed by atoms with van der Waals surface area (Å²) in [4.78, 5) is 23.2. The SMILES string of the molecule is C=CC(=O)Nc1cccc(Nc2nc(Nc3cccc(OCCN(C)C)c3)ncc2C2=CCOCC2)c1. The van der Waals surface area contributed by atoms with Gasteiger partial charge in [-0.3, -0.25) is 4.79 Å². The van der Waals surface area contributed by atoms with Crippen molar-refractivity contribution in [1.29, 1.82) is 0 Å². The molecule has 2 heterocycles. The van der Waals surface area contributed by atoms with Crippen LogP contribution in [0.4, 0.5) is 28.8 Å². The second kappa shape index (κ2) is 12.7. The number of carbonyl (C=O) groups excluding carboxylic acids is 1. The molecular formula is C28H32N6O3. The van der Waals surface area contributed by atoms with Crippen LogP contribution in [0, 0.1) is 0 Å². The van der Waals surface area contributed by atoms with Crippen molar-refractivity contribution >= 4 is 40.3 Å². The van der Waals surface area contributed by atoms with Crippen LogP contribution in [0.1, 0.15) is 12.0 Å². The van der Waals surface area contributed by atoms with E-state index in [-0.39, 0.29) is 5.91 Å². The van der Waals surface area contributed by atoms with E-state index in [4.69, 9.17) is 14.5 Å². The van der Waals surface area contributed by atoms with Crippen LogP contribution >= 0.6 is 0 Å². The van der Waals surface area contributed by atoms with E-state index in [2.05, 4.69) is 38.5 Å². The summed E-state index contributed by atoms with van der Waals surface area (Å²) in [5.41, 5.74) is 4.26. The number of ether oxygens (including phenoxy) is 2. The van der Waals surface area contributed by atoms with Crippen molar-refractivity contribution < 1.29 is 14.3 Å². The molecule has 1 aliphatic rings. The van der Waals surface area contributed by atoms with E-state index in [0.717, 1.165) is 41.2 Å². The molecule has 0 unspecified atom stereocenters. The molecule has 2 aromatic carbocycles. The Bertz CT molecular complexity index is 1270. The van der Waals surface area contributed by atoms with E-state index in [0.29, 0.717) is 37.3 Å². The Labute approximate surface area is 217 Å². The lowest BCUT2D eigenvalue weighted by molar-refractivity contribution is -0.111. The second-order valence-corrected chi connectivity index (χ2v) is 8.71. The average molecular weight is 501 g/mol. The van der Waals surface area contributed by atoms with Gasteiger partial charge < -0.3 is 30.3 Å². The minimum absolute atomic E-state index is 0.272. The van der Waals surface area contributed by atoms with Crippen LogP contribution in [0.3, 0.4) is 0 Å². The van der Waals surface area contributed by atoms with Crippen molar-refractivity contribution in [3.63, 3.8) is 0 Å². The zero-order chi connectivity index (χ0) is 26.0. The van der Waals surface area contributed by atoms with E-state index in [9.17, 15) is 4.79 Å². The second-order valence-electron chi connectivity index (χ2n) is 8.71. The number of nitrogens with zero attached hydrogens (tertiary/aromatic N) is 3. The van der Waals surface area contributed by atoms with Crippen LogP contribution in [0.25, 0.3) is 5.57 Å². The number of hydrogen-bond donors (Lipinski definition) is 3. The summed E-state index contributed by atoms with van der Waals surface area (Å²) in [6, 6.07) is 15.1. The Morgan fingerprint density at radius 3 is 2.68 bits per heavy atom. The highest BCUT2D eigenvalue weighted by molar-refractivity contribution is 5.99. The third-order valence-corrected chi connectivity index (χ3v) is 5.57. The van der Waals surface area contributed by atoms with Crippen molar-refractivity contribution in [2.24, 2.45) is 0 Å². The van der Waals surface area contributed by atoms with Crippen molar-refractivity contribution in [3.05, 3.63) is 79.0 Å². The third kappa shape index (κ3) is 7.63. The first-order valence-corrected chi connectivity index (χ1v) is 12.1. The summed E-state index contributed by atoms with van der Waals surface area (Å²) in [6.45, 7) is 6.13. The predicted octanol–water partition coefficient (Wildman–Crippen LogP) is 4.83. The number of likely N-dealkylation sites (N-methyl/N-ethyl adjacent to an activating group) is 1. The molecule has 0 aliphatic carbocycles. The predicted molar refractivity (Wildman–Crippen MR) is 148 cm³/mol. The molecule has 9 nitrogen and oxygen atoms in total. The lowest BCUT2D eigenvalue weighted by Crippen LogP contribution is -2.19. The van der Waals surface area contributed by atoms with Crippen molar-refractivity contribution in [2.75, 3.05) is 56.4 Å². The molecule has 0 saturated carbocycles. The van der Waals surface area contributed by atoms with Crippen LogP contribution < -0.4 is 20.7 Å². The molecule has 0 radical (unpaired) electrons. The Morgan fingerprint density at radius 1 is 1.14 bits per heavy atom. The molecule has 4 rings (SSSR count). The van der Waals surface area contributed by atoms with Gasteiger partial charge in [-0.15, -0.1) is 0 Å². The summed E-state index contributed by atoms with van der Waals surface area (Å²) in [7, 11) is 4.02. The Morgan fingerprint density at radius 2 is 1.92 bits per heavy atom. The molecule has 3 aromatic rings.